The first-order valence-corrected chi connectivity index (χ1v) is 7.51. The van der Waals surface area contributed by atoms with Gasteiger partial charge in [0.2, 0.25) is 5.13 Å². The van der Waals surface area contributed by atoms with Crippen molar-refractivity contribution in [3.8, 4) is 0 Å². The summed E-state index contributed by atoms with van der Waals surface area (Å²) in [6.45, 7) is -0.386. The maximum atomic E-state index is 12.7. The molecule has 0 amide bonds. The number of nitrogens with two attached hydrogens (primary N) is 1. The molecular formula is C12H10FN3O3S2. The van der Waals surface area contributed by atoms with Gasteiger partial charge in [0.15, 0.2) is 16.7 Å². The van der Waals surface area contributed by atoms with E-state index < -0.39 is 17.6 Å². The van der Waals surface area contributed by atoms with Crippen molar-refractivity contribution in [2.75, 3.05) is 18.1 Å². The number of ether oxygens (including phenoxy) is 1. The lowest BCUT2D eigenvalue weighted by Crippen LogP contribution is -2.15. The van der Waals surface area contributed by atoms with Gasteiger partial charge in [0.25, 0.3) is 0 Å². The number of hydrogen-bond acceptors (Lipinski definition) is 8. The quantitative estimate of drug-likeness (QED) is 0.491. The van der Waals surface area contributed by atoms with Gasteiger partial charge >= 0.3 is 5.97 Å². The van der Waals surface area contributed by atoms with Crippen LogP contribution in [0.15, 0.2) is 28.6 Å². The van der Waals surface area contributed by atoms with Crippen molar-refractivity contribution in [2.45, 2.75) is 4.34 Å². The van der Waals surface area contributed by atoms with Crippen molar-refractivity contribution in [1.29, 1.82) is 0 Å². The summed E-state index contributed by atoms with van der Waals surface area (Å²) in [7, 11) is 0. The lowest BCUT2D eigenvalue weighted by Gasteiger charge is -2.03. The van der Waals surface area contributed by atoms with Crippen LogP contribution in [0.3, 0.4) is 0 Å². The number of esters is 1. The molecule has 0 saturated carbocycles. The highest BCUT2D eigenvalue weighted by atomic mass is 32.2. The largest absolute Gasteiger partial charge is 0.457 e. The Kier molecular flexibility index (Phi) is 5.23. The second kappa shape index (κ2) is 7.14. The molecule has 0 aliphatic rings. The fourth-order valence-electron chi connectivity index (χ4n) is 1.31. The van der Waals surface area contributed by atoms with Gasteiger partial charge in [-0.15, -0.1) is 10.2 Å². The number of carbonyl (C=O) groups excluding carboxylic acids is 2. The van der Waals surface area contributed by atoms with Crippen molar-refractivity contribution < 1.29 is 18.7 Å². The SMILES string of the molecule is Nc1nnc(SCC(=O)OCC(=O)c2ccc(F)cc2)s1. The monoisotopic (exact) mass is 327 g/mol. The molecule has 21 heavy (non-hydrogen) atoms. The molecular weight excluding hydrogens is 317 g/mol. The van der Waals surface area contributed by atoms with Crippen LogP contribution in [-0.2, 0) is 9.53 Å². The van der Waals surface area contributed by atoms with E-state index in [-0.39, 0.29) is 17.9 Å². The van der Waals surface area contributed by atoms with Crippen molar-refractivity contribution in [1.82, 2.24) is 10.2 Å². The van der Waals surface area contributed by atoms with Crippen LogP contribution >= 0.6 is 23.1 Å². The van der Waals surface area contributed by atoms with Gasteiger partial charge < -0.3 is 10.5 Å². The average Bonchev–Trinajstić information content (AvgIpc) is 2.89. The Hall–Kier alpha value is -2.00. The number of benzene rings is 1. The van der Waals surface area contributed by atoms with Crippen molar-refractivity contribution in [3.05, 3.63) is 35.6 Å². The Balaban J connectivity index is 1.75. The van der Waals surface area contributed by atoms with Crippen LogP contribution in [0, 0.1) is 5.82 Å². The first kappa shape index (κ1) is 15.4. The lowest BCUT2D eigenvalue weighted by molar-refractivity contribution is -0.139. The topological polar surface area (TPSA) is 95.2 Å². The van der Waals surface area contributed by atoms with Gasteiger partial charge in [0.1, 0.15) is 5.82 Å². The van der Waals surface area contributed by atoms with Crippen LogP contribution < -0.4 is 5.73 Å². The molecule has 0 spiro atoms. The predicted molar refractivity (Wildman–Crippen MR) is 76.7 cm³/mol. The number of anilines is 1. The van der Waals surface area contributed by atoms with Crippen LogP contribution in [0.25, 0.3) is 0 Å². The molecule has 6 nitrogen and oxygen atoms in total. The minimum atomic E-state index is -0.552. The minimum absolute atomic E-state index is 0.00529. The fourth-order valence-corrected chi connectivity index (χ4v) is 2.74. The summed E-state index contributed by atoms with van der Waals surface area (Å²) in [5.74, 6) is -1.38. The highest BCUT2D eigenvalue weighted by molar-refractivity contribution is 8.01. The normalized spacial score (nSPS) is 10.3. The number of thioether (sulfide) groups is 1. The van der Waals surface area contributed by atoms with E-state index in [0.717, 1.165) is 23.1 Å². The van der Waals surface area contributed by atoms with E-state index in [2.05, 4.69) is 10.2 Å². The summed E-state index contributed by atoms with van der Waals surface area (Å²) in [5.41, 5.74) is 5.69. The molecule has 1 heterocycles. The van der Waals surface area contributed by atoms with Crippen LogP contribution in [-0.4, -0.2) is 34.3 Å². The molecule has 0 aliphatic carbocycles. The second-order valence-electron chi connectivity index (χ2n) is 3.79. The molecule has 2 rings (SSSR count). The van der Waals surface area contributed by atoms with Crippen molar-refractivity contribution in [3.63, 3.8) is 0 Å². The number of hydrogen-bond donors (Lipinski definition) is 1. The van der Waals surface area contributed by atoms with Gasteiger partial charge in [-0.25, -0.2) is 4.39 Å². The Bertz CT molecular complexity index is 645. The lowest BCUT2D eigenvalue weighted by atomic mass is 10.1. The summed E-state index contributed by atoms with van der Waals surface area (Å²) in [5, 5.41) is 7.66. The molecule has 0 unspecified atom stereocenters. The van der Waals surface area contributed by atoms with Gasteiger partial charge in [-0.3, -0.25) is 9.59 Å². The van der Waals surface area contributed by atoms with E-state index in [1.807, 2.05) is 0 Å². The maximum Gasteiger partial charge on any atom is 0.316 e. The van der Waals surface area contributed by atoms with E-state index in [9.17, 15) is 14.0 Å². The average molecular weight is 327 g/mol. The molecule has 0 atom stereocenters. The smallest absolute Gasteiger partial charge is 0.316 e. The summed E-state index contributed by atoms with van der Waals surface area (Å²) in [4.78, 5) is 23.2. The zero-order valence-corrected chi connectivity index (χ0v) is 12.2. The van der Waals surface area contributed by atoms with Gasteiger partial charge in [-0.2, -0.15) is 0 Å². The molecule has 110 valence electrons. The highest BCUT2D eigenvalue weighted by Gasteiger charge is 2.11. The molecule has 2 N–H and O–H groups in total. The van der Waals surface area contributed by atoms with Crippen LogP contribution in [0.4, 0.5) is 9.52 Å². The first-order valence-electron chi connectivity index (χ1n) is 5.71. The molecule has 1 aromatic heterocycles. The minimum Gasteiger partial charge on any atom is -0.457 e. The van der Waals surface area contributed by atoms with E-state index in [4.69, 9.17) is 10.5 Å². The Morgan fingerprint density at radius 1 is 1.29 bits per heavy atom. The summed E-state index contributed by atoms with van der Waals surface area (Å²) >= 11 is 2.29. The Labute approximate surface area is 127 Å². The number of Topliss-reactive ketones (excluding diaryl/α,β-unsaturated/α-hetero) is 1. The van der Waals surface area contributed by atoms with E-state index in [1.165, 1.54) is 24.3 Å². The standard InChI is InChI=1S/C12H10FN3O3S2/c13-8-3-1-7(2-4-8)9(17)5-19-10(18)6-20-12-16-15-11(14)21-12/h1-4H,5-6H2,(H2,14,15). The predicted octanol–water partition coefficient (Wildman–Crippen LogP) is 1.78. The van der Waals surface area contributed by atoms with Gasteiger partial charge in [0, 0.05) is 5.56 Å². The zero-order chi connectivity index (χ0) is 15.2. The number of nitrogen functional groups attached to an aromatic ring is 1. The number of carbonyl (C=O) groups is 2. The third-order valence-corrected chi connectivity index (χ3v) is 4.13. The second-order valence-corrected chi connectivity index (χ2v) is 6.02. The molecule has 0 saturated heterocycles. The van der Waals surface area contributed by atoms with Crippen LogP contribution in [0.5, 0.6) is 0 Å². The van der Waals surface area contributed by atoms with E-state index in [0.29, 0.717) is 9.47 Å². The molecule has 0 aliphatic heterocycles. The van der Waals surface area contributed by atoms with Gasteiger partial charge in [-0.05, 0) is 24.3 Å². The van der Waals surface area contributed by atoms with Crippen molar-refractivity contribution in [2.24, 2.45) is 0 Å². The Morgan fingerprint density at radius 2 is 2.00 bits per heavy atom. The number of ketones is 1. The third kappa shape index (κ3) is 4.80. The summed E-state index contributed by atoms with van der Waals surface area (Å²) in [6.07, 6.45) is 0. The number of rotatable bonds is 6. The highest BCUT2D eigenvalue weighted by Crippen LogP contribution is 2.23. The van der Waals surface area contributed by atoms with Gasteiger partial charge in [-0.1, -0.05) is 23.1 Å². The molecule has 9 heteroatoms. The first-order chi connectivity index (χ1) is 10.0. The van der Waals surface area contributed by atoms with Crippen molar-refractivity contribution >= 4 is 40.0 Å². The molecule has 2 aromatic rings. The third-order valence-electron chi connectivity index (χ3n) is 2.27. The number of nitrogens with zero attached hydrogens (tertiary/aromatic N) is 2. The van der Waals surface area contributed by atoms with Gasteiger partial charge in [0.05, 0.1) is 5.75 Å². The molecule has 0 bridgehead atoms. The molecule has 1 aromatic carbocycles. The zero-order valence-electron chi connectivity index (χ0n) is 10.6. The van der Waals surface area contributed by atoms with Crippen LogP contribution in [0.1, 0.15) is 10.4 Å². The summed E-state index contributed by atoms with van der Waals surface area (Å²) in [6, 6.07) is 5.02. The number of aromatic nitrogens is 2. The fraction of sp³-hybridized carbons (Fsp3) is 0.167. The maximum absolute atomic E-state index is 12.7. The number of halogens is 1. The molecule has 0 radical (unpaired) electrons. The van der Waals surface area contributed by atoms with Crippen LogP contribution in [0.2, 0.25) is 0 Å². The summed E-state index contributed by atoms with van der Waals surface area (Å²) < 4.78 is 18.1. The van der Waals surface area contributed by atoms with E-state index in [1.54, 1.807) is 0 Å². The Morgan fingerprint density at radius 3 is 2.62 bits per heavy atom. The van der Waals surface area contributed by atoms with E-state index >= 15 is 0 Å². The molecule has 0 fully saturated rings.